The number of unbranched alkanes of at least 4 members (excludes halogenated alkanes) is 2. The number of carbonyl (C=O) groups is 7. The smallest absolute Gasteiger partial charge is 0.252 e. The van der Waals surface area contributed by atoms with Gasteiger partial charge in [0, 0.05) is 47.8 Å². The second-order valence-corrected chi connectivity index (χ2v) is 17.6. The van der Waals surface area contributed by atoms with Gasteiger partial charge in [-0.15, -0.1) is 0 Å². The number of nitrogens with zero attached hydrogens (tertiary/aromatic N) is 4. The number of amides is 7. The van der Waals surface area contributed by atoms with Crippen molar-refractivity contribution < 1.29 is 48.1 Å². The normalized spacial score (nSPS) is 17.5. The molecule has 66 heavy (non-hydrogen) atoms. The van der Waals surface area contributed by atoms with Crippen molar-refractivity contribution in [3.05, 3.63) is 49.1 Å². The predicted molar refractivity (Wildman–Crippen MR) is 260 cm³/mol. The van der Waals surface area contributed by atoms with Crippen LogP contribution in [0.5, 0.6) is 0 Å². The summed E-state index contributed by atoms with van der Waals surface area (Å²) in [7, 11) is 6.21. The van der Waals surface area contributed by atoms with Crippen LogP contribution < -0.4 is 10.6 Å². The van der Waals surface area contributed by atoms with Gasteiger partial charge in [-0.05, 0) is 63.0 Å². The Morgan fingerprint density at radius 1 is 0.909 bits per heavy atom. The number of allylic oxidation sites excluding steroid dienone is 3. The average molecular weight is 931 g/mol. The molecule has 7 amide bonds. The Morgan fingerprint density at radius 3 is 2.06 bits per heavy atom. The van der Waals surface area contributed by atoms with Crippen molar-refractivity contribution in [3.63, 3.8) is 0 Å². The highest BCUT2D eigenvalue weighted by atomic mass is 16.5. The van der Waals surface area contributed by atoms with Crippen molar-refractivity contribution in [3.8, 4) is 0 Å². The molecule has 0 spiro atoms. The lowest BCUT2D eigenvalue weighted by Crippen LogP contribution is -2.56. The zero-order chi connectivity index (χ0) is 50.7. The lowest BCUT2D eigenvalue weighted by Gasteiger charge is -2.39. The van der Waals surface area contributed by atoms with Gasteiger partial charge in [-0.25, -0.2) is 0 Å². The zero-order valence-corrected chi connectivity index (χ0v) is 42.5. The Balaban J connectivity index is 0.0000137. The molecule has 3 N–H and O–H groups in total. The molecule has 1 heterocycles. The maximum Gasteiger partial charge on any atom is 0.252 e. The first-order chi connectivity index (χ1) is 31.2. The minimum atomic E-state index is -1.01. The molecule has 0 aromatic rings. The molecular weight excluding hydrogens is 845 g/mol. The van der Waals surface area contributed by atoms with Gasteiger partial charge in [0.15, 0.2) is 0 Å². The van der Waals surface area contributed by atoms with Crippen molar-refractivity contribution in [2.75, 3.05) is 47.9 Å². The first-order valence-corrected chi connectivity index (χ1v) is 23.7. The van der Waals surface area contributed by atoms with E-state index in [2.05, 4.69) is 37.6 Å². The number of aliphatic hydroxyl groups excluding tert-OH is 1. The van der Waals surface area contributed by atoms with Crippen LogP contribution in [0.15, 0.2) is 49.1 Å². The SMILES string of the molecule is C=C/C=C(\C=C)C(O)C(C)NC(=O)C(C)C(OC)C1CCCN1C(=O)CC(OC)C(C(C)CC)N(C)C(=O)CNC(=O)C(C(C)C)N(C)C(=O)CCCCCN(C=O)C(=O)/C=C\C.CCC. The number of methoxy groups -OCH3 is 2. The van der Waals surface area contributed by atoms with Gasteiger partial charge in [0.05, 0.1) is 55.3 Å². The van der Waals surface area contributed by atoms with Gasteiger partial charge < -0.3 is 39.9 Å². The molecule has 1 aliphatic heterocycles. The van der Waals surface area contributed by atoms with E-state index in [-0.39, 0.29) is 55.5 Å². The highest BCUT2D eigenvalue weighted by molar-refractivity contribution is 5.94. The van der Waals surface area contributed by atoms with Gasteiger partial charge >= 0.3 is 0 Å². The highest BCUT2D eigenvalue weighted by Gasteiger charge is 2.42. The van der Waals surface area contributed by atoms with E-state index in [1.165, 1.54) is 48.7 Å². The molecular formula is C50H86N6O10. The number of ether oxygens (including phenoxy) is 2. The number of rotatable bonds is 29. The molecule has 376 valence electrons. The van der Waals surface area contributed by atoms with Crippen molar-refractivity contribution in [1.82, 2.24) is 30.2 Å². The Morgan fingerprint density at radius 2 is 1.55 bits per heavy atom. The maximum absolute atomic E-state index is 14.2. The Bertz CT molecular complexity index is 1620. The molecule has 16 nitrogen and oxygen atoms in total. The third-order valence-electron chi connectivity index (χ3n) is 12.2. The summed E-state index contributed by atoms with van der Waals surface area (Å²) in [6.45, 7) is 24.7. The standard InChI is InChI=1S/C47H78N6O10.C3H8/c1-14-22-35(17-4)44(59)34(9)49-46(60)33(8)45(63-13)36-24-21-27-53(36)40(57)28-37(62-12)43(32(7)16-3)51(11)41(58)29-48-47(61)42(31(5)6)50(10)38(55)25-19-18-20-26-52(30-54)39(56)23-15-2;1-3-2/h14-15,17,22-23,30-34,36-37,42-45,59H,1,4,16,18-21,24-29H2,2-3,5-13H3,(H,48,61)(H,49,60);3H2,1-2H3/b23-15-,35-22+;. The fraction of sp³-hybridized carbons (Fsp3) is 0.700. The summed E-state index contributed by atoms with van der Waals surface area (Å²) in [5.41, 5.74) is 0.514. The second-order valence-electron chi connectivity index (χ2n) is 17.6. The summed E-state index contributed by atoms with van der Waals surface area (Å²) in [5.74, 6) is -3.08. The van der Waals surface area contributed by atoms with Crippen molar-refractivity contribution in [1.29, 1.82) is 0 Å². The van der Waals surface area contributed by atoms with Crippen LogP contribution in [0.1, 0.15) is 120 Å². The van der Waals surface area contributed by atoms with Gasteiger partial charge in [-0.2, -0.15) is 0 Å². The van der Waals surface area contributed by atoms with Gasteiger partial charge in [0.1, 0.15) is 6.04 Å². The van der Waals surface area contributed by atoms with E-state index < -0.39 is 66.1 Å². The summed E-state index contributed by atoms with van der Waals surface area (Å²) < 4.78 is 11.8. The Hall–Kier alpha value is -4.67. The van der Waals surface area contributed by atoms with E-state index >= 15 is 0 Å². The van der Waals surface area contributed by atoms with E-state index in [1.807, 2.05) is 27.7 Å². The lowest BCUT2D eigenvalue weighted by molar-refractivity contribution is -0.146. The van der Waals surface area contributed by atoms with Gasteiger partial charge in [-0.3, -0.25) is 38.5 Å². The van der Waals surface area contributed by atoms with Crippen LogP contribution >= 0.6 is 0 Å². The van der Waals surface area contributed by atoms with Crippen LogP contribution in [-0.2, 0) is 43.0 Å². The molecule has 16 heteroatoms. The summed E-state index contributed by atoms with van der Waals surface area (Å²) in [6, 6.07) is -2.42. The number of carbonyl (C=O) groups excluding carboxylic acids is 7. The number of likely N-dealkylation sites (tertiary alicyclic amines) is 1. The van der Waals surface area contributed by atoms with Crippen molar-refractivity contribution in [2.24, 2.45) is 17.8 Å². The third kappa shape index (κ3) is 19.3. The number of hydrogen-bond donors (Lipinski definition) is 3. The van der Waals surface area contributed by atoms with Crippen LogP contribution in [0.4, 0.5) is 0 Å². The highest BCUT2D eigenvalue weighted by Crippen LogP contribution is 2.29. The molecule has 9 atom stereocenters. The van der Waals surface area contributed by atoms with E-state index in [0.29, 0.717) is 57.1 Å². The Kier molecular flexibility index (Phi) is 30.6. The van der Waals surface area contributed by atoms with Gasteiger partial charge in [0.2, 0.25) is 35.9 Å². The van der Waals surface area contributed by atoms with E-state index in [0.717, 1.165) is 4.90 Å². The fourth-order valence-corrected chi connectivity index (χ4v) is 8.31. The molecule has 0 aliphatic carbocycles. The minimum Gasteiger partial charge on any atom is -0.386 e. The molecule has 0 aromatic heterocycles. The van der Waals surface area contributed by atoms with Crippen molar-refractivity contribution in [2.45, 2.75) is 163 Å². The summed E-state index contributed by atoms with van der Waals surface area (Å²) >= 11 is 0. The van der Waals surface area contributed by atoms with Crippen LogP contribution in [0.2, 0.25) is 0 Å². The summed E-state index contributed by atoms with van der Waals surface area (Å²) in [4.78, 5) is 97.1. The molecule has 1 rings (SSSR count). The molecule has 0 bridgehead atoms. The molecule has 1 saturated heterocycles. The largest absolute Gasteiger partial charge is 0.386 e. The van der Waals surface area contributed by atoms with Crippen molar-refractivity contribution >= 4 is 41.9 Å². The lowest BCUT2D eigenvalue weighted by atomic mass is 9.90. The molecule has 0 radical (unpaired) electrons. The molecule has 1 fully saturated rings. The topological polar surface area (TPSA) is 195 Å². The molecule has 9 unspecified atom stereocenters. The fourth-order valence-electron chi connectivity index (χ4n) is 8.31. The number of imide groups is 1. The van der Waals surface area contributed by atoms with E-state index in [1.54, 1.807) is 51.9 Å². The zero-order valence-electron chi connectivity index (χ0n) is 42.5. The number of aliphatic hydroxyl groups is 1. The predicted octanol–water partition coefficient (Wildman–Crippen LogP) is 5.21. The van der Waals surface area contributed by atoms with Crippen LogP contribution in [0.25, 0.3) is 0 Å². The Labute approximate surface area is 396 Å². The number of likely N-dealkylation sites (N-methyl/N-ethyl adjacent to an activating group) is 2. The summed E-state index contributed by atoms with van der Waals surface area (Å²) in [6.07, 6.45) is 10.7. The average Bonchev–Trinajstić information content (AvgIpc) is 3.77. The number of hydrogen-bond acceptors (Lipinski definition) is 10. The molecule has 0 aromatic carbocycles. The second kappa shape index (κ2) is 32.9. The quantitative estimate of drug-likeness (QED) is 0.0388. The maximum atomic E-state index is 14.2. The van der Waals surface area contributed by atoms with E-state index in [4.69, 9.17) is 9.47 Å². The molecule has 0 saturated carbocycles. The minimum absolute atomic E-state index is 0.0435. The number of nitrogens with one attached hydrogen (secondary N) is 2. The van der Waals surface area contributed by atoms with Crippen LogP contribution in [0, 0.1) is 17.8 Å². The first-order valence-electron chi connectivity index (χ1n) is 23.7. The van der Waals surface area contributed by atoms with Crippen LogP contribution in [-0.4, -0.2) is 157 Å². The van der Waals surface area contributed by atoms with Gasteiger partial charge in [0.25, 0.3) is 5.91 Å². The third-order valence-corrected chi connectivity index (χ3v) is 12.2. The van der Waals surface area contributed by atoms with E-state index in [9.17, 15) is 38.7 Å². The van der Waals surface area contributed by atoms with Crippen LogP contribution in [0.3, 0.4) is 0 Å². The van der Waals surface area contributed by atoms with Gasteiger partial charge in [-0.1, -0.05) is 105 Å². The first kappa shape index (κ1) is 61.3. The monoisotopic (exact) mass is 931 g/mol. The summed E-state index contributed by atoms with van der Waals surface area (Å²) in [5, 5.41) is 16.4. The molecule has 1 aliphatic rings.